The van der Waals surface area contributed by atoms with Crippen molar-refractivity contribution in [1.29, 1.82) is 0 Å². The SMILES string of the molecule is CCCCCCCC(=O)CC(=O)C=C(CO)c1cc(OCO)c(O)cc1CC1=CNC(N)C=C1CCc1cccc(CCc2ccccc2)c1. The van der Waals surface area contributed by atoms with Crippen molar-refractivity contribution in [2.24, 2.45) is 5.73 Å². The number of hydrogen-bond acceptors (Lipinski definition) is 8. The van der Waals surface area contributed by atoms with Gasteiger partial charge in [-0.05, 0) is 107 Å². The summed E-state index contributed by atoms with van der Waals surface area (Å²) in [4.78, 5) is 25.5. The van der Waals surface area contributed by atoms with Gasteiger partial charge in [-0.1, -0.05) is 87.2 Å². The standard InChI is InChI=1S/C42H52N2O6/c1-2-3-4-5-9-15-37(47)25-38(48)22-36(28-45)39-26-41(50-29-46)40(49)23-34(39)21-35-27-44-42(43)24-33(35)19-18-32-14-10-13-31(20-32)17-16-30-11-7-6-8-12-30/h6-8,10-14,20,22-24,26-27,42,44-46,49H,2-5,9,15-19,21,25,28-29,43H2,1H3. The molecule has 0 aromatic heterocycles. The summed E-state index contributed by atoms with van der Waals surface area (Å²) < 4.78 is 5.24. The second kappa shape index (κ2) is 20.2. The lowest BCUT2D eigenvalue weighted by atomic mass is 9.88. The minimum Gasteiger partial charge on any atom is -0.504 e. The molecular weight excluding hydrogens is 628 g/mol. The van der Waals surface area contributed by atoms with E-state index in [0.717, 1.165) is 68.9 Å². The van der Waals surface area contributed by atoms with Gasteiger partial charge in [0.1, 0.15) is 5.78 Å². The van der Waals surface area contributed by atoms with Crippen LogP contribution in [0.3, 0.4) is 0 Å². The number of phenols is 1. The van der Waals surface area contributed by atoms with Crippen molar-refractivity contribution in [3.8, 4) is 11.5 Å². The molecule has 0 radical (unpaired) electrons. The van der Waals surface area contributed by atoms with Crippen LogP contribution in [-0.4, -0.2) is 46.5 Å². The van der Waals surface area contributed by atoms with Crippen LogP contribution in [0, 0.1) is 0 Å². The third-order valence-electron chi connectivity index (χ3n) is 9.03. The predicted molar refractivity (Wildman–Crippen MR) is 198 cm³/mol. The largest absolute Gasteiger partial charge is 0.504 e. The lowest BCUT2D eigenvalue weighted by Crippen LogP contribution is -2.35. The molecule has 1 unspecified atom stereocenters. The number of carbonyl (C=O) groups excluding carboxylic acids is 2. The Morgan fingerprint density at radius 3 is 2.28 bits per heavy atom. The van der Waals surface area contributed by atoms with Crippen LogP contribution < -0.4 is 15.8 Å². The van der Waals surface area contributed by atoms with E-state index in [0.29, 0.717) is 29.5 Å². The van der Waals surface area contributed by atoms with Crippen molar-refractivity contribution in [3.05, 3.63) is 124 Å². The first-order valence-electron chi connectivity index (χ1n) is 17.8. The molecule has 1 heterocycles. The molecule has 6 N–H and O–H groups in total. The zero-order valence-electron chi connectivity index (χ0n) is 29.2. The molecular formula is C42H52N2O6. The summed E-state index contributed by atoms with van der Waals surface area (Å²) in [5, 5.41) is 33.8. The summed E-state index contributed by atoms with van der Waals surface area (Å²) >= 11 is 0. The maximum absolute atomic E-state index is 13.0. The van der Waals surface area contributed by atoms with Crippen molar-refractivity contribution in [2.75, 3.05) is 13.4 Å². The predicted octanol–water partition coefficient (Wildman–Crippen LogP) is 6.64. The normalized spacial score (nSPS) is 14.5. The third-order valence-corrected chi connectivity index (χ3v) is 9.03. The van der Waals surface area contributed by atoms with Gasteiger partial charge in [0, 0.05) is 12.6 Å². The fourth-order valence-electron chi connectivity index (χ4n) is 6.33. The number of nitrogens with two attached hydrogens (primary N) is 1. The highest BCUT2D eigenvalue weighted by molar-refractivity contribution is 6.07. The Bertz CT molecular complexity index is 1660. The minimum absolute atomic E-state index is 0.0156. The monoisotopic (exact) mass is 680 g/mol. The van der Waals surface area contributed by atoms with E-state index in [4.69, 9.17) is 10.5 Å². The molecule has 266 valence electrons. The maximum atomic E-state index is 13.0. The Balaban J connectivity index is 1.50. The van der Waals surface area contributed by atoms with E-state index in [1.807, 2.05) is 18.3 Å². The Labute approximate surface area is 296 Å². The maximum Gasteiger partial charge on any atom is 0.186 e. The van der Waals surface area contributed by atoms with Crippen molar-refractivity contribution < 1.29 is 29.6 Å². The lowest BCUT2D eigenvalue weighted by molar-refractivity contribution is -0.124. The first-order valence-corrected chi connectivity index (χ1v) is 17.8. The van der Waals surface area contributed by atoms with E-state index in [9.17, 15) is 24.9 Å². The van der Waals surface area contributed by atoms with Crippen molar-refractivity contribution in [2.45, 2.75) is 90.1 Å². The van der Waals surface area contributed by atoms with Crippen LogP contribution in [-0.2, 0) is 35.3 Å². The number of phenolic OH excluding ortho intramolecular Hbond substituents is 1. The highest BCUT2D eigenvalue weighted by Crippen LogP contribution is 2.36. The number of Topliss-reactive ketones (excluding diaryl/α,β-unsaturated/α-hetero) is 1. The molecule has 0 saturated heterocycles. The van der Waals surface area contributed by atoms with Gasteiger partial charge in [0.05, 0.1) is 19.2 Å². The van der Waals surface area contributed by atoms with Crippen LogP contribution in [0.4, 0.5) is 0 Å². The highest BCUT2D eigenvalue weighted by Gasteiger charge is 2.20. The molecule has 0 saturated carbocycles. The number of aromatic hydroxyl groups is 1. The van der Waals surface area contributed by atoms with Crippen LogP contribution in [0.25, 0.3) is 5.57 Å². The molecule has 8 nitrogen and oxygen atoms in total. The summed E-state index contributed by atoms with van der Waals surface area (Å²) in [6.45, 7) is 0.999. The topological polar surface area (TPSA) is 142 Å². The number of benzene rings is 3. The van der Waals surface area contributed by atoms with Gasteiger partial charge in [-0.3, -0.25) is 9.59 Å². The summed E-state index contributed by atoms with van der Waals surface area (Å²) in [6.07, 6.45) is 13.8. The average molecular weight is 681 g/mol. The van der Waals surface area contributed by atoms with Gasteiger partial charge in [0.15, 0.2) is 24.1 Å². The van der Waals surface area contributed by atoms with Gasteiger partial charge in [-0.15, -0.1) is 0 Å². The van der Waals surface area contributed by atoms with Gasteiger partial charge in [0.2, 0.25) is 0 Å². The Morgan fingerprint density at radius 1 is 0.860 bits per heavy atom. The average Bonchev–Trinajstić information content (AvgIpc) is 3.11. The van der Waals surface area contributed by atoms with Crippen molar-refractivity contribution in [3.63, 3.8) is 0 Å². The molecule has 1 aliphatic rings. The Kier molecular flexibility index (Phi) is 15.5. The number of nitrogens with one attached hydrogen (secondary N) is 1. The van der Waals surface area contributed by atoms with Crippen LogP contribution in [0.15, 0.2) is 96.2 Å². The fraction of sp³-hybridized carbons (Fsp3) is 0.381. The molecule has 50 heavy (non-hydrogen) atoms. The number of rotatable bonds is 21. The van der Waals surface area contributed by atoms with E-state index < -0.39 is 19.2 Å². The zero-order valence-corrected chi connectivity index (χ0v) is 29.2. The number of unbranched alkanes of at least 4 members (excludes halogenated alkanes) is 4. The molecule has 4 rings (SSSR count). The number of hydrogen-bond donors (Lipinski definition) is 5. The number of dihydropyridines is 1. The zero-order chi connectivity index (χ0) is 35.7. The second-order valence-electron chi connectivity index (χ2n) is 13.0. The van der Waals surface area contributed by atoms with Gasteiger partial charge in [-0.25, -0.2) is 0 Å². The molecule has 3 aromatic rings. The van der Waals surface area contributed by atoms with E-state index in [1.165, 1.54) is 34.9 Å². The fourth-order valence-corrected chi connectivity index (χ4v) is 6.33. The molecule has 0 amide bonds. The smallest absolute Gasteiger partial charge is 0.186 e. The quantitative estimate of drug-likeness (QED) is 0.0365. The van der Waals surface area contributed by atoms with Crippen molar-refractivity contribution >= 4 is 17.1 Å². The van der Waals surface area contributed by atoms with Crippen molar-refractivity contribution in [1.82, 2.24) is 5.32 Å². The molecule has 1 aliphatic heterocycles. The van der Waals surface area contributed by atoms with Crippen LogP contribution >= 0.6 is 0 Å². The first kappa shape index (κ1) is 38.3. The second-order valence-corrected chi connectivity index (χ2v) is 13.0. The summed E-state index contributed by atoms with van der Waals surface area (Å²) in [5.74, 6) is -0.686. The number of aliphatic hydroxyl groups excluding tert-OH is 2. The number of carbonyl (C=O) groups is 2. The number of ketones is 2. The Hall–Kier alpha value is -4.50. The number of aryl methyl sites for hydroxylation is 3. The van der Waals surface area contributed by atoms with E-state index in [1.54, 1.807) is 0 Å². The first-order chi connectivity index (χ1) is 24.3. The minimum atomic E-state index is -0.663. The van der Waals surface area contributed by atoms with Gasteiger partial charge >= 0.3 is 0 Å². The molecule has 8 heteroatoms. The van der Waals surface area contributed by atoms with E-state index in [2.05, 4.69) is 60.8 Å². The summed E-state index contributed by atoms with van der Waals surface area (Å²) in [6, 6.07) is 22.2. The summed E-state index contributed by atoms with van der Waals surface area (Å²) in [7, 11) is 0. The van der Waals surface area contributed by atoms with Gasteiger partial charge in [-0.2, -0.15) is 0 Å². The Morgan fingerprint density at radius 2 is 1.56 bits per heavy atom. The van der Waals surface area contributed by atoms with Crippen LogP contribution in [0.1, 0.15) is 86.1 Å². The molecule has 3 aromatic carbocycles. The van der Waals surface area contributed by atoms with E-state index >= 15 is 0 Å². The molecule has 0 spiro atoms. The molecule has 0 bridgehead atoms. The van der Waals surface area contributed by atoms with Crippen LogP contribution in [0.2, 0.25) is 0 Å². The number of ether oxygens (including phenoxy) is 1. The molecule has 0 aliphatic carbocycles. The number of allylic oxidation sites excluding steroid dienone is 3. The van der Waals surface area contributed by atoms with Crippen LogP contribution in [0.5, 0.6) is 11.5 Å². The third kappa shape index (κ3) is 12.1. The lowest BCUT2D eigenvalue weighted by Gasteiger charge is -2.23. The highest BCUT2D eigenvalue weighted by atomic mass is 16.6. The van der Waals surface area contributed by atoms with Gasteiger partial charge in [0.25, 0.3) is 0 Å². The summed E-state index contributed by atoms with van der Waals surface area (Å²) in [5.41, 5.74) is 13.5. The van der Waals surface area contributed by atoms with Gasteiger partial charge < -0.3 is 31.1 Å². The molecule has 0 fully saturated rings. The number of aliphatic hydroxyl groups is 2. The molecule has 1 atom stereocenters. The van der Waals surface area contributed by atoms with E-state index in [-0.39, 0.29) is 29.9 Å².